The number of phenols is 4. The van der Waals surface area contributed by atoms with E-state index < -0.39 is 53.7 Å². The van der Waals surface area contributed by atoms with Crippen molar-refractivity contribution in [1.82, 2.24) is 5.32 Å². The van der Waals surface area contributed by atoms with Crippen LogP contribution in [0.2, 0.25) is 5.02 Å². The van der Waals surface area contributed by atoms with E-state index in [1.807, 2.05) is 0 Å². The summed E-state index contributed by atoms with van der Waals surface area (Å²) < 4.78 is 15.5. The number of para-hydroxylation sites is 1. The number of carbonyl (C=O) groups is 3. The van der Waals surface area contributed by atoms with E-state index in [1.54, 1.807) is 12.1 Å². The molecule has 0 aromatic heterocycles. The summed E-state index contributed by atoms with van der Waals surface area (Å²) >= 11 is 5.95. The van der Waals surface area contributed by atoms with Crippen molar-refractivity contribution in [2.45, 2.75) is 6.10 Å². The van der Waals surface area contributed by atoms with Crippen LogP contribution in [-0.2, 0) is 9.47 Å². The third-order valence-corrected chi connectivity index (χ3v) is 4.92. The number of amides is 1. The van der Waals surface area contributed by atoms with Crippen LogP contribution in [0.4, 0.5) is 4.79 Å². The molecule has 11 nitrogen and oxygen atoms in total. The quantitative estimate of drug-likeness (QED) is 0.220. The molecule has 3 aromatic rings. The van der Waals surface area contributed by atoms with Gasteiger partial charge in [-0.15, -0.1) is 0 Å². The van der Waals surface area contributed by atoms with Gasteiger partial charge >= 0.3 is 18.0 Å². The number of nitrogens with one attached hydrogen (secondary N) is 1. The van der Waals surface area contributed by atoms with Crippen LogP contribution in [-0.4, -0.2) is 57.7 Å². The summed E-state index contributed by atoms with van der Waals surface area (Å²) in [4.78, 5) is 37.0. The minimum absolute atomic E-state index is 0.0864. The van der Waals surface area contributed by atoms with Gasteiger partial charge in [0.05, 0.1) is 22.7 Å². The Morgan fingerprint density at radius 3 is 1.97 bits per heavy atom. The monoisotopic (exact) mass is 517 g/mol. The van der Waals surface area contributed by atoms with Gasteiger partial charge in [-0.05, 0) is 48.5 Å². The van der Waals surface area contributed by atoms with Gasteiger partial charge in [-0.2, -0.15) is 0 Å². The number of carbonyl (C=O) groups excluding carboxylic acids is 3. The molecule has 3 aromatic carbocycles. The van der Waals surface area contributed by atoms with E-state index in [4.69, 9.17) is 25.8 Å². The zero-order valence-corrected chi connectivity index (χ0v) is 19.1. The van der Waals surface area contributed by atoms with E-state index in [0.29, 0.717) is 0 Å². The SMILES string of the molecule is O=C(NCC(COC(=O)c1ccc(O)c(O)c1)OC(=O)c1ccc(O)c(O)c1)Oc1ccccc1Cl. The summed E-state index contributed by atoms with van der Waals surface area (Å²) in [6.07, 6.45) is -2.15. The number of aromatic hydroxyl groups is 4. The number of ether oxygens (including phenoxy) is 3. The van der Waals surface area contributed by atoms with Crippen LogP contribution >= 0.6 is 11.6 Å². The number of esters is 2. The van der Waals surface area contributed by atoms with E-state index in [2.05, 4.69) is 5.32 Å². The maximum absolute atomic E-state index is 12.5. The normalized spacial score (nSPS) is 11.2. The molecule has 0 radical (unpaired) electrons. The third kappa shape index (κ3) is 6.93. The lowest BCUT2D eigenvalue weighted by Gasteiger charge is -2.19. The average Bonchev–Trinajstić information content (AvgIpc) is 2.85. The third-order valence-electron chi connectivity index (χ3n) is 4.61. The summed E-state index contributed by atoms with van der Waals surface area (Å²) in [7, 11) is 0. The highest BCUT2D eigenvalue weighted by atomic mass is 35.5. The lowest BCUT2D eigenvalue weighted by Crippen LogP contribution is -2.39. The zero-order chi connectivity index (χ0) is 26.2. The van der Waals surface area contributed by atoms with E-state index in [9.17, 15) is 34.8 Å². The predicted octanol–water partition coefficient (Wildman–Crippen LogP) is 3.33. The molecule has 0 aliphatic carbocycles. The highest BCUT2D eigenvalue weighted by molar-refractivity contribution is 6.32. The van der Waals surface area contributed by atoms with Gasteiger partial charge in [0, 0.05) is 0 Å². The van der Waals surface area contributed by atoms with Crippen LogP contribution in [0.25, 0.3) is 0 Å². The fourth-order valence-electron chi connectivity index (χ4n) is 2.77. The van der Waals surface area contributed by atoms with E-state index in [1.165, 1.54) is 24.3 Å². The van der Waals surface area contributed by atoms with Gasteiger partial charge in [0.15, 0.2) is 34.9 Å². The Morgan fingerprint density at radius 2 is 1.39 bits per heavy atom. The molecular formula is C24H20ClNO10. The second-order valence-electron chi connectivity index (χ2n) is 7.23. The molecule has 0 heterocycles. The minimum atomic E-state index is -1.22. The van der Waals surface area contributed by atoms with Crippen molar-refractivity contribution in [3.63, 3.8) is 0 Å². The van der Waals surface area contributed by atoms with Crippen molar-refractivity contribution < 1.29 is 49.0 Å². The van der Waals surface area contributed by atoms with Crippen molar-refractivity contribution in [3.8, 4) is 28.7 Å². The maximum Gasteiger partial charge on any atom is 0.412 e. The maximum atomic E-state index is 12.5. The molecule has 1 atom stereocenters. The lowest BCUT2D eigenvalue weighted by molar-refractivity contribution is 0.0000954. The van der Waals surface area contributed by atoms with E-state index >= 15 is 0 Å². The van der Waals surface area contributed by atoms with Crippen LogP contribution in [0, 0.1) is 0 Å². The summed E-state index contributed by atoms with van der Waals surface area (Å²) in [5.41, 5.74) is -0.214. The fourth-order valence-corrected chi connectivity index (χ4v) is 2.94. The molecule has 0 aliphatic heterocycles. The number of rotatable bonds is 8. The molecule has 0 bridgehead atoms. The first-order valence-electron chi connectivity index (χ1n) is 10.3. The molecular weight excluding hydrogens is 498 g/mol. The van der Waals surface area contributed by atoms with Gasteiger partial charge in [0.25, 0.3) is 0 Å². The molecule has 5 N–H and O–H groups in total. The van der Waals surface area contributed by atoms with Crippen LogP contribution < -0.4 is 10.1 Å². The van der Waals surface area contributed by atoms with Crippen molar-refractivity contribution in [1.29, 1.82) is 0 Å². The minimum Gasteiger partial charge on any atom is -0.504 e. The highest BCUT2D eigenvalue weighted by Crippen LogP contribution is 2.26. The molecule has 1 amide bonds. The Hall–Kier alpha value is -4.64. The second-order valence-corrected chi connectivity index (χ2v) is 7.64. The van der Waals surface area contributed by atoms with Crippen LogP contribution in [0.15, 0.2) is 60.7 Å². The molecule has 36 heavy (non-hydrogen) atoms. The second kappa shape index (κ2) is 11.7. The molecule has 188 valence electrons. The predicted molar refractivity (Wildman–Crippen MR) is 125 cm³/mol. The molecule has 0 spiro atoms. The number of hydrogen-bond donors (Lipinski definition) is 5. The first kappa shape index (κ1) is 26.0. The van der Waals surface area contributed by atoms with Gasteiger partial charge in [-0.1, -0.05) is 23.7 Å². The van der Waals surface area contributed by atoms with Gasteiger partial charge in [0.2, 0.25) is 0 Å². The first-order valence-corrected chi connectivity index (χ1v) is 10.6. The van der Waals surface area contributed by atoms with E-state index in [-0.39, 0.29) is 28.4 Å². The molecule has 3 rings (SSSR count). The van der Waals surface area contributed by atoms with Gasteiger partial charge in [0.1, 0.15) is 6.61 Å². The van der Waals surface area contributed by atoms with Crippen LogP contribution in [0.1, 0.15) is 20.7 Å². The molecule has 1 unspecified atom stereocenters. The molecule has 12 heteroatoms. The van der Waals surface area contributed by atoms with Crippen molar-refractivity contribution >= 4 is 29.6 Å². The molecule has 0 fully saturated rings. The summed E-state index contributed by atoms with van der Waals surface area (Å²) in [5, 5.41) is 40.5. The Kier molecular flexibility index (Phi) is 8.42. The van der Waals surface area contributed by atoms with Gasteiger partial charge < -0.3 is 40.0 Å². The van der Waals surface area contributed by atoms with Gasteiger partial charge in [-0.3, -0.25) is 0 Å². The summed E-state index contributed by atoms with van der Waals surface area (Å²) in [5.74, 6) is -3.75. The molecule has 0 saturated heterocycles. The first-order chi connectivity index (χ1) is 17.1. The van der Waals surface area contributed by atoms with Crippen molar-refractivity contribution in [2.24, 2.45) is 0 Å². The summed E-state index contributed by atoms with van der Waals surface area (Å²) in [6, 6.07) is 12.8. The number of hydrogen-bond acceptors (Lipinski definition) is 10. The Balaban J connectivity index is 1.68. The number of halogens is 1. The zero-order valence-electron chi connectivity index (χ0n) is 18.4. The largest absolute Gasteiger partial charge is 0.504 e. The Morgan fingerprint density at radius 1 is 0.806 bits per heavy atom. The summed E-state index contributed by atoms with van der Waals surface area (Å²) in [6.45, 7) is -0.879. The topological polar surface area (TPSA) is 172 Å². The Bertz CT molecular complexity index is 1280. The fraction of sp³-hybridized carbons (Fsp3) is 0.125. The molecule has 0 saturated carbocycles. The van der Waals surface area contributed by atoms with Crippen LogP contribution in [0.5, 0.6) is 28.7 Å². The highest BCUT2D eigenvalue weighted by Gasteiger charge is 2.22. The lowest BCUT2D eigenvalue weighted by atomic mass is 10.2. The smallest absolute Gasteiger partial charge is 0.412 e. The molecule has 0 aliphatic rings. The van der Waals surface area contributed by atoms with Crippen molar-refractivity contribution in [2.75, 3.05) is 13.2 Å². The van der Waals surface area contributed by atoms with E-state index in [0.717, 1.165) is 24.3 Å². The van der Waals surface area contributed by atoms with Crippen molar-refractivity contribution in [3.05, 3.63) is 76.8 Å². The number of benzene rings is 3. The standard InChI is InChI=1S/C24H20ClNO10/c25-16-3-1-2-4-21(16)36-24(33)26-11-15(35-23(32)14-6-8-18(28)20(30)10-14)12-34-22(31)13-5-7-17(27)19(29)9-13/h1-10,15,27-30H,11-12H2,(H,26,33). The van der Waals surface area contributed by atoms with Gasteiger partial charge in [-0.25, -0.2) is 14.4 Å². The Labute approximate surface area is 209 Å². The number of phenolic OH excluding ortho intramolecular Hbond substituents is 4. The van der Waals surface area contributed by atoms with Crippen LogP contribution in [0.3, 0.4) is 0 Å². The average molecular weight is 518 g/mol.